The second kappa shape index (κ2) is 7.31. The molecule has 1 aliphatic rings. The minimum Gasteiger partial charge on any atom is -0.497 e. The van der Waals surface area contributed by atoms with E-state index in [1.165, 1.54) is 16.8 Å². The molecule has 1 fully saturated rings. The fourth-order valence-corrected chi connectivity index (χ4v) is 3.42. The van der Waals surface area contributed by atoms with Gasteiger partial charge in [0.15, 0.2) is 0 Å². The van der Waals surface area contributed by atoms with E-state index < -0.39 is 0 Å². The fourth-order valence-electron chi connectivity index (χ4n) is 3.42. The lowest BCUT2D eigenvalue weighted by Gasteiger charge is -2.36. The van der Waals surface area contributed by atoms with Gasteiger partial charge in [0.05, 0.1) is 7.11 Å². The maximum atomic E-state index is 5.51. The Hall–Kier alpha value is -3.02. The van der Waals surface area contributed by atoms with E-state index in [2.05, 4.69) is 52.0 Å². The molecule has 0 bridgehead atoms. The number of methoxy groups -OCH3 is 1. The Kier molecular flexibility index (Phi) is 4.71. The summed E-state index contributed by atoms with van der Waals surface area (Å²) in [5.74, 6) is 1.41. The first kappa shape index (κ1) is 17.4. The van der Waals surface area contributed by atoms with Crippen LogP contribution < -0.4 is 14.5 Å². The summed E-state index contributed by atoms with van der Waals surface area (Å²) in [5, 5.41) is 4.14. The summed E-state index contributed by atoms with van der Waals surface area (Å²) in [6.45, 7) is 7.94. The molecular weight excluding hydrogens is 340 g/mol. The van der Waals surface area contributed by atoms with Crippen LogP contribution in [0.25, 0.3) is 11.4 Å². The predicted octanol–water partition coefficient (Wildman–Crippen LogP) is 3.69. The molecule has 2 aromatic carbocycles. The summed E-state index contributed by atoms with van der Waals surface area (Å²) >= 11 is 0. The highest BCUT2D eigenvalue weighted by Crippen LogP contribution is 2.26. The molecule has 6 heteroatoms. The Morgan fingerprint density at radius 2 is 1.63 bits per heavy atom. The van der Waals surface area contributed by atoms with Gasteiger partial charge >= 0.3 is 6.01 Å². The standard InChI is InChI=1S/C21H24N4O2/c1-15-5-4-6-19(16(15)2)24-11-13-25(14-12-24)21-22-20(23-27-21)17-7-9-18(26-3)10-8-17/h4-10H,11-14H2,1-3H3. The average Bonchev–Trinajstić information content (AvgIpc) is 3.20. The number of nitrogens with zero attached hydrogens (tertiary/aromatic N) is 4. The molecule has 0 aliphatic carbocycles. The van der Waals surface area contributed by atoms with Gasteiger partial charge in [-0.25, -0.2) is 0 Å². The Bertz CT molecular complexity index is 912. The van der Waals surface area contributed by atoms with Crippen LogP contribution in [0.15, 0.2) is 47.0 Å². The van der Waals surface area contributed by atoms with Crippen molar-refractivity contribution in [2.75, 3.05) is 43.1 Å². The molecule has 0 N–H and O–H groups in total. The van der Waals surface area contributed by atoms with E-state index in [0.29, 0.717) is 11.8 Å². The van der Waals surface area contributed by atoms with Crippen molar-refractivity contribution < 1.29 is 9.26 Å². The van der Waals surface area contributed by atoms with Gasteiger partial charge in [-0.05, 0) is 55.3 Å². The molecule has 0 amide bonds. The first-order chi connectivity index (χ1) is 13.2. The normalized spacial score (nSPS) is 14.5. The van der Waals surface area contributed by atoms with E-state index in [1.54, 1.807) is 7.11 Å². The van der Waals surface area contributed by atoms with Crippen molar-refractivity contribution >= 4 is 11.7 Å². The zero-order valence-electron chi connectivity index (χ0n) is 16.0. The van der Waals surface area contributed by atoms with E-state index in [1.807, 2.05) is 24.3 Å². The number of rotatable bonds is 4. The minimum atomic E-state index is 0.585. The third-order valence-corrected chi connectivity index (χ3v) is 5.23. The van der Waals surface area contributed by atoms with Crippen LogP contribution in [0.3, 0.4) is 0 Å². The molecule has 140 valence electrons. The second-order valence-electron chi connectivity index (χ2n) is 6.82. The first-order valence-corrected chi connectivity index (χ1v) is 9.20. The summed E-state index contributed by atoms with van der Waals surface area (Å²) < 4.78 is 10.7. The molecule has 1 aliphatic heterocycles. The molecule has 0 saturated carbocycles. The molecular formula is C21H24N4O2. The topological polar surface area (TPSA) is 54.6 Å². The van der Waals surface area contributed by atoms with Crippen LogP contribution in [0.1, 0.15) is 11.1 Å². The Balaban J connectivity index is 1.44. The van der Waals surface area contributed by atoms with E-state index in [0.717, 1.165) is 37.5 Å². The fraction of sp³-hybridized carbons (Fsp3) is 0.333. The van der Waals surface area contributed by atoms with Gasteiger partial charge in [-0.3, -0.25) is 0 Å². The lowest BCUT2D eigenvalue weighted by atomic mass is 10.1. The van der Waals surface area contributed by atoms with Gasteiger partial charge in [0.2, 0.25) is 5.82 Å². The summed E-state index contributed by atoms with van der Waals surface area (Å²) in [4.78, 5) is 9.16. The van der Waals surface area contributed by atoms with Gasteiger partial charge in [-0.1, -0.05) is 17.3 Å². The van der Waals surface area contributed by atoms with Crippen molar-refractivity contribution in [2.24, 2.45) is 0 Å². The Morgan fingerprint density at radius 1 is 0.926 bits per heavy atom. The molecule has 3 aromatic rings. The second-order valence-corrected chi connectivity index (χ2v) is 6.82. The molecule has 27 heavy (non-hydrogen) atoms. The quantitative estimate of drug-likeness (QED) is 0.704. The monoisotopic (exact) mass is 364 g/mol. The molecule has 0 radical (unpaired) electrons. The summed E-state index contributed by atoms with van der Waals surface area (Å²) in [6.07, 6.45) is 0. The number of anilines is 2. The van der Waals surface area contributed by atoms with E-state index >= 15 is 0 Å². The smallest absolute Gasteiger partial charge is 0.324 e. The van der Waals surface area contributed by atoms with Gasteiger partial charge in [0.25, 0.3) is 0 Å². The number of hydrogen-bond donors (Lipinski definition) is 0. The third-order valence-electron chi connectivity index (χ3n) is 5.23. The maximum absolute atomic E-state index is 5.51. The largest absolute Gasteiger partial charge is 0.497 e. The van der Waals surface area contributed by atoms with Crippen LogP contribution in [0.5, 0.6) is 5.75 Å². The van der Waals surface area contributed by atoms with Gasteiger partial charge in [-0.15, -0.1) is 0 Å². The Labute approximate surface area is 159 Å². The molecule has 4 rings (SSSR count). The first-order valence-electron chi connectivity index (χ1n) is 9.20. The lowest BCUT2D eigenvalue weighted by Crippen LogP contribution is -2.47. The molecule has 2 heterocycles. The summed E-state index contributed by atoms with van der Waals surface area (Å²) in [7, 11) is 1.65. The van der Waals surface area contributed by atoms with Crippen molar-refractivity contribution in [1.82, 2.24) is 10.1 Å². The number of aromatic nitrogens is 2. The van der Waals surface area contributed by atoms with Crippen LogP contribution in [0.2, 0.25) is 0 Å². The van der Waals surface area contributed by atoms with E-state index in [4.69, 9.17) is 9.26 Å². The Morgan fingerprint density at radius 3 is 2.33 bits per heavy atom. The average molecular weight is 364 g/mol. The van der Waals surface area contributed by atoms with Crippen LogP contribution in [-0.4, -0.2) is 43.4 Å². The van der Waals surface area contributed by atoms with Gasteiger partial charge in [0, 0.05) is 37.4 Å². The highest BCUT2D eigenvalue weighted by atomic mass is 16.5. The predicted molar refractivity (Wildman–Crippen MR) is 107 cm³/mol. The molecule has 0 atom stereocenters. The number of benzene rings is 2. The van der Waals surface area contributed by atoms with E-state index in [-0.39, 0.29) is 0 Å². The van der Waals surface area contributed by atoms with Gasteiger partial charge < -0.3 is 19.1 Å². The zero-order valence-corrected chi connectivity index (χ0v) is 16.0. The molecule has 0 spiro atoms. The van der Waals surface area contributed by atoms with Crippen molar-refractivity contribution in [2.45, 2.75) is 13.8 Å². The van der Waals surface area contributed by atoms with Crippen LogP contribution in [-0.2, 0) is 0 Å². The van der Waals surface area contributed by atoms with Crippen molar-refractivity contribution in [1.29, 1.82) is 0 Å². The van der Waals surface area contributed by atoms with Crippen LogP contribution in [0, 0.1) is 13.8 Å². The maximum Gasteiger partial charge on any atom is 0.324 e. The third kappa shape index (κ3) is 3.47. The minimum absolute atomic E-state index is 0.585. The van der Waals surface area contributed by atoms with Gasteiger partial charge in [0.1, 0.15) is 5.75 Å². The highest BCUT2D eigenvalue weighted by molar-refractivity contribution is 5.58. The molecule has 6 nitrogen and oxygen atoms in total. The molecule has 1 aromatic heterocycles. The number of piperazine rings is 1. The van der Waals surface area contributed by atoms with E-state index in [9.17, 15) is 0 Å². The SMILES string of the molecule is COc1ccc(-c2noc(N3CCN(c4cccc(C)c4C)CC3)n2)cc1. The highest BCUT2D eigenvalue weighted by Gasteiger charge is 2.23. The number of hydrogen-bond acceptors (Lipinski definition) is 6. The number of aryl methyl sites for hydroxylation is 1. The van der Waals surface area contributed by atoms with Crippen molar-refractivity contribution in [3.05, 3.63) is 53.6 Å². The number of ether oxygens (including phenoxy) is 1. The zero-order chi connectivity index (χ0) is 18.8. The van der Waals surface area contributed by atoms with Crippen LogP contribution >= 0.6 is 0 Å². The summed E-state index contributed by atoms with van der Waals surface area (Å²) in [6, 6.07) is 14.7. The molecule has 0 unspecified atom stereocenters. The van der Waals surface area contributed by atoms with Crippen molar-refractivity contribution in [3.63, 3.8) is 0 Å². The summed E-state index contributed by atoms with van der Waals surface area (Å²) in [5.41, 5.74) is 4.92. The van der Waals surface area contributed by atoms with Crippen LogP contribution in [0.4, 0.5) is 11.7 Å². The lowest BCUT2D eigenvalue weighted by molar-refractivity contribution is 0.409. The van der Waals surface area contributed by atoms with Gasteiger partial charge in [-0.2, -0.15) is 4.98 Å². The molecule has 1 saturated heterocycles. The van der Waals surface area contributed by atoms with Crippen molar-refractivity contribution in [3.8, 4) is 17.1 Å².